The van der Waals surface area contributed by atoms with Gasteiger partial charge in [-0.25, -0.2) is 9.55 Å². The van der Waals surface area contributed by atoms with Crippen LogP contribution >= 0.6 is 0 Å². The standard InChI is InChI=1S/C32H32F3N9O5/c1-18-16-21(32(33,34)35)5-6-22(18)38-44(48)24-17-19(2)26-27(40-10-12-41(13-11-40)29(46)25-23(45)4-3-9-36-25)30(47)43-31(42(24)26)37-28(39-43)20-7-14-49-15-8-20/h3-7,9,16,19,24H,8,10-15,17H2,1-2H3,(H-,38,45,46,48)/p+1/t19-,24+/m1/s1. The molecule has 49 heavy (non-hydrogen) atoms. The number of carbonyl (C=O) groups excluding carboxylic acids is 1. The minimum Gasteiger partial charge on any atom is -0.505 e. The fourth-order valence-corrected chi connectivity index (χ4v) is 6.69. The lowest BCUT2D eigenvalue weighted by Gasteiger charge is -2.36. The van der Waals surface area contributed by atoms with Gasteiger partial charge in [-0.2, -0.15) is 22.7 Å². The number of nitroso groups, excluding NO2 is 1. The third-order valence-corrected chi connectivity index (χ3v) is 9.21. The van der Waals surface area contributed by atoms with Gasteiger partial charge in [-0.3, -0.25) is 9.59 Å². The number of aromatic hydroxyl groups is 1. The van der Waals surface area contributed by atoms with Gasteiger partial charge in [-0.05, 0) is 54.8 Å². The van der Waals surface area contributed by atoms with E-state index in [-0.39, 0.29) is 67.0 Å². The van der Waals surface area contributed by atoms with Crippen LogP contribution in [-0.4, -0.2) is 84.3 Å². The lowest BCUT2D eigenvalue weighted by Crippen LogP contribution is -2.51. The summed E-state index contributed by atoms with van der Waals surface area (Å²) < 4.78 is 48.2. The number of hydrogen-bond acceptors (Lipinski definition) is 9. The topological polar surface area (TPSA) is 150 Å². The Hall–Kier alpha value is -5.32. The monoisotopic (exact) mass is 680 g/mol. The van der Waals surface area contributed by atoms with Gasteiger partial charge < -0.3 is 19.6 Å². The van der Waals surface area contributed by atoms with E-state index >= 15 is 0 Å². The molecule has 1 fully saturated rings. The molecule has 6 heterocycles. The summed E-state index contributed by atoms with van der Waals surface area (Å²) in [5, 5.41) is 14.7. The van der Waals surface area contributed by atoms with Gasteiger partial charge in [0, 0.05) is 44.7 Å². The van der Waals surface area contributed by atoms with E-state index < -0.39 is 29.4 Å². The molecule has 0 unspecified atom stereocenters. The van der Waals surface area contributed by atoms with Crippen LogP contribution in [0.3, 0.4) is 0 Å². The van der Waals surface area contributed by atoms with Crippen molar-refractivity contribution in [3.8, 4) is 5.75 Å². The molecule has 256 valence electrons. The van der Waals surface area contributed by atoms with Crippen LogP contribution < -0.4 is 15.9 Å². The molecule has 1 amide bonds. The van der Waals surface area contributed by atoms with Crippen LogP contribution in [0, 0.1) is 11.8 Å². The Balaban J connectivity index is 1.26. The highest BCUT2D eigenvalue weighted by molar-refractivity contribution is 5.95. The van der Waals surface area contributed by atoms with Crippen molar-refractivity contribution in [1.29, 1.82) is 0 Å². The number of halogens is 3. The number of aryl methyl sites for hydroxylation is 1. The van der Waals surface area contributed by atoms with Crippen LogP contribution in [0.25, 0.3) is 11.4 Å². The number of piperazine rings is 1. The van der Waals surface area contributed by atoms with E-state index in [0.717, 1.165) is 17.7 Å². The maximum Gasteiger partial charge on any atom is 0.416 e. The molecule has 3 aromatic heterocycles. The van der Waals surface area contributed by atoms with Crippen LogP contribution in [0.2, 0.25) is 0 Å². The molecule has 0 radical (unpaired) electrons. The minimum absolute atomic E-state index is 0.0568. The average Bonchev–Trinajstić information content (AvgIpc) is 3.68. The number of carbonyl (C=O) groups is 1. The molecule has 2 N–H and O–H groups in total. The van der Waals surface area contributed by atoms with Crippen LogP contribution in [0.4, 0.5) is 24.5 Å². The van der Waals surface area contributed by atoms with Crippen molar-refractivity contribution in [3.05, 3.63) is 86.2 Å². The molecular weight excluding hydrogens is 647 g/mol. The Morgan fingerprint density at radius 3 is 2.61 bits per heavy atom. The first-order valence-electron chi connectivity index (χ1n) is 15.8. The first kappa shape index (κ1) is 32.2. The zero-order valence-corrected chi connectivity index (χ0v) is 26.6. The van der Waals surface area contributed by atoms with Crippen LogP contribution in [0.1, 0.15) is 65.0 Å². The Kier molecular flexibility index (Phi) is 8.08. The molecule has 0 aliphatic carbocycles. The fourth-order valence-electron chi connectivity index (χ4n) is 6.69. The van der Waals surface area contributed by atoms with E-state index in [1.165, 1.54) is 35.8 Å². The van der Waals surface area contributed by atoms with E-state index in [9.17, 15) is 32.8 Å². The van der Waals surface area contributed by atoms with Crippen molar-refractivity contribution >= 4 is 28.6 Å². The molecule has 4 aromatic rings. The van der Waals surface area contributed by atoms with E-state index in [2.05, 4.69) is 15.5 Å². The largest absolute Gasteiger partial charge is 0.505 e. The van der Waals surface area contributed by atoms with E-state index in [4.69, 9.17) is 9.72 Å². The predicted octanol–water partition coefficient (Wildman–Crippen LogP) is 3.90. The second-order valence-corrected chi connectivity index (χ2v) is 12.3. The molecule has 14 nitrogen and oxygen atoms in total. The molecule has 0 saturated carbocycles. The molecule has 1 aromatic carbocycles. The van der Waals surface area contributed by atoms with Crippen LogP contribution in [-0.2, 0) is 10.9 Å². The highest BCUT2D eigenvalue weighted by Gasteiger charge is 2.45. The highest BCUT2D eigenvalue weighted by atomic mass is 19.4. The number of pyridine rings is 1. The minimum atomic E-state index is -4.53. The Labute approximate surface area is 277 Å². The summed E-state index contributed by atoms with van der Waals surface area (Å²) in [6.45, 7) is 5.24. The molecule has 3 aliphatic heterocycles. The maximum atomic E-state index is 14.3. The molecule has 2 atom stereocenters. The summed E-state index contributed by atoms with van der Waals surface area (Å²) in [4.78, 5) is 54.0. The number of amides is 1. The summed E-state index contributed by atoms with van der Waals surface area (Å²) in [5.74, 6) is -0.467. The Bertz CT molecular complexity index is 2070. The lowest BCUT2D eigenvalue weighted by atomic mass is 10.0. The first-order chi connectivity index (χ1) is 23.4. The number of rotatable bonds is 6. The summed E-state index contributed by atoms with van der Waals surface area (Å²) in [6, 6.07) is 6.02. The SMILES string of the molecule is Cc1cc(C(F)(F)F)ccc1N[N+](=O)[C@H]1C[C@@H](C)c2c(N3CCN(C(=O)c4ncccc4O)CC3)c(=O)n3nc(C4=CCOCC4)nc3n21. The highest BCUT2D eigenvalue weighted by Crippen LogP contribution is 2.42. The fraction of sp³-hybridized carbons (Fsp3) is 0.406. The third kappa shape index (κ3) is 5.77. The van der Waals surface area contributed by atoms with Crippen LogP contribution in [0.5, 0.6) is 5.75 Å². The summed E-state index contributed by atoms with van der Waals surface area (Å²) >= 11 is 0. The number of anilines is 2. The number of ether oxygens (including phenoxy) is 1. The maximum absolute atomic E-state index is 14.3. The number of nitrogens with zero attached hydrogens (tertiary/aromatic N) is 8. The van der Waals surface area contributed by atoms with Gasteiger partial charge in [0.15, 0.2) is 11.5 Å². The number of nitrogens with one attached hydrogen (secondary N) is 1. The van der Waals surface area contributed by atoms with Crippen molar-refractivity contribution in [2.75, 3.05) is 49.7 Å². The van der Waals surface area contributed by atoms with Gasteiger partial charge >= 0.3 is 12.3 Å². The number of fused-ring (bicyclic) bond motifs is 3. The molecule has 17 heteroatoms. The summed E-state index contributed by atoms with van der Waals surface area (Å²) in [6.07, 6.45) is -1.40. The van der Waals surface area contributed by atoms with Gasteiger partial charge in [-0.15, -0.1) is 10.5 Å². The normalized spacial score (nSPS) is 19.6. The molecule has 0 spiro atoms. The number of hydrazine groups is 1. The number of benzene rings is 1. The van der Waals surface area contributed by atoms with Gasteiger partial charge in [-0.1, -0.05) is 13.0 Å². The molecule has 3 aliphatic rings. The second kappa shape index (κ2) is 12.3. The van der Waals surface area contributed by atoms with Gasteiger partial charge in [0.1, 0.15) is 22.0 Å². The van der Waals surface area contributed by atoms with Crippen LogP contribution in [0.15, 0.2) is 47.4 Å². The molecule has 7 rings (SSSR count). The van der Waals surface area contributed by atoms with Crippen molar-refractivity contribution in [2.45, 2.75) is 44.9 Å². The number of hydrogen-bond donors (Lipinski definition) is 2. The second-order valence-electron chi connectivity index (χ2n) is 12.3. The van der Waals surface area contributed by atoms with Gasteiger partial charge in [0.25, 0.3) is 11.5 Å². The van der Waals surface area contributed by atoms with Gasteiger partial charge in [0.2, 0.25) is 5.78 Å². The van der Waals surface area contributed by atoms with Crippen molar-refractivity contribution in [2.24, 2.45) is 0 Å². The van der Waals surface area contributed by atoms with Crippen molar-refractivity contribution < 1.29 is 32.7 Å². The smallest absolute Gasteiger partial charge is 0.416 e. The zero-order chi connectivity index (χ0) is 34.6. The Morgan fingerprint density at radius 2 is 1.94 bits per heavy atom. The predicted molar refractivity (Wildman–Crippen MR) is 170 cm³/mol. The Morgan fingerprint density at radius 1 is 1.16 bits per heavy atom. The quantitative estimate of drug-likeness (QED) is 0.227. The van der Waals surface area contributed by atoms with E-state index in [1.807, 2.05) is 17.9 Å². The molecular formula is C32H33F3N9O5+. The lowest BCUT2D eigenvalue weighted by molar-refractivity contribution is -0.580. The zero-order valence-electron chi connectivity index (χ0n) is 26.6. The number of aromatic nitrogens is 5. The summed E-state index contributed by atoms with van der Waals surface area (Å²) in [5.41, 5.74) is 3.54. The van der Waals surface area contributed by atoms with Gasteiger partial charge in [0.05, 0.1) is 29.4 Å². The number of alkyl halides is 3. The van der Waals surface area contributed by atoms with Crippen molar-refractivity contribution in [3.63, 3.8) is 0 Å². The molecule has 0 bridgehead atoms. The first-order valence-corrected chi connectivity index (χ1v) is 15.8. The van der Waals surface area contributed by atoms with Crippen molar-refractivity contribution in [1.82, 2.24) is 29.0 Å². The summed E-state index contributed by atoms with van der Waals surface area (Å²) in [7, 11) is 0. The average molecular weight is 681 g/mol. The van der Waals surface area contributed by atoms with E-state index in [1.54, 1.807) is 9.47 Å². The molecule has 1 saturated heterocycles. The van der Waals surface area contributed by atoms with E-state index in [0.29, 0.717) is 41.7 Å². The third-order valence-electron chi connectivity index (χ3n) is 9.21.